The van der Waals surface area contributed by atoms with Crippen molar-refractivity contribution in [2.75, 3.05) is 25.5 Å². The number of ether oxygens (including phenoxy) is 1. The summed E-state index contributed by atoms with van der Waals surface area (Å²) in [6.07, 6.45) is 0.778. The molecule has 0 aliphatic carbocycles. The highest BCUT2D eigenvalue weighted by atomic mass is 79.9. The van der Waals surface area contributed by atoms with Crippen LogP contribution in [-0.4, -0.2) is 26.1 Å². The van der Waals surface area contributed by atoms with Crippen LogP contribution in [-0.2, 0) is 11.2 Å². The molecule has 0 spiro atoms. The fourth-order valence-electron chi connectivity index (χ4n) is 2.02. The summed E-state index contributed by atoms with van der Waals surface area (Å²) in [7, 11) is 1.65. The number of carbonyl (C=O) groups is 1. The van der Waals surface area contributed by atoms with Gasteiger partial charge in [-0.2, -0.15) is 0 Å². The zero-order valence-corrected chi connectivity index (χ0v) is 14.0. The number of nitrogens with one attached hydrogen (secondary N) is 2. The van der Waals surface area contributed by atoms with Crippen molar-refractivity contribution in [1.29, 1.82) is 0 Å². The molecule has 0 unspecified atom stereocenters. The van der Waals surface area contributed by atoms with Gasteiger partial charge in [-0.05, 0) is 42.3 Å². The van der Waals surface area contributed by atoms with Gasteiger partial charge in [0.05, 0.1) is 13.7 Å². The van der Waals surface area contributed by atoms with Gasteiger partial charge in [0.1, 0.15) is 5.75 Å². The van der Waals surface area contributed by atoms with Crippen LogP contribution in [0, 0.1) is 0 Å². The molecule has 0 saturated heterocycles. The van der Waals surface area contributed by atoms with E-state index >= 15 is 0 Å². The van der Waals surface area contributed by atoms with E-state index in [1.807, 2.05) is 48.5 Å². The van der Waals surface area contributed by atoms with Crippen LogP contribution < -0.4 is 15.4 Å². The second kappa shape index (κ2) is 8.44. The summed E-state index contributed by atoms with van der Waals surface area (Å²) in [4.78, 5) is 11.8. The maximum absolute atomic E-state index is 11.8. The fourth-order valence-corrected chi connectivity index (χ4v) is 2.42. The molecule has 0 aliphatic heterocycles. The summed E-state index contributed by atoms with van der Waals surface area (Å²) in [6.45, 7) is 0.862. The molecule has 0 saturated carbocycles. The van der Waals surface area contributed by atoms with Crippen LogP contribution in [0.15, 0.2) is 53.0 Å². The van der Waals surface area contributed by atoms with Crippen LogP contribution in [0.1, 0.15) is 5.56 Å². The molecule has 2 aromatic carbocycles. The van der Waals surface area contributed by atoms with Crippen molar-refractivity contribution in [3.05, 3.63) is 58.6 Å². The molecule has 22 heavy (non-hydrogen) atoms. The Labute approximate surface area is 139 Å². The van der Waals surface area contributed by atoms with Crippen LogP contribution in [0.2, 0.25) is 0 Å². The number of halogens is 1. The lowest BCUT2D eigenvalue weighted by atomic mass is 10.1. The Balaban J connectivity index is 1.71. The van der Waals surface area contributed by atoms with Crippen molar-refractivity contribution >= 4 is 27.5 Å². The minimum atomic E-state index is -0.0251. The van der Waals surface area contributed by atoms with Gasteiger partial charge >= 0.3 is 0 Å². The molecule has 0 heterocycles. The average molecular weight is 363 g/mol. The Morgan fingerprint density at radius 3 is 2.77 bits per heavy atom. The van der Waals surface area contributed by atoms with Crippen molar-refractivity contribution in [3.63, 3.8) is 0 Å². The molecule has 116 valence electrons. The second-order valence-corrected chi connectivity index (χ2v) is 5.73. The third-order valence-corrected chi connectivity index (χ3v) is 3.64. The SMILES string of the molecule is COc1cccc(CCNC(=O)CNc2cccc(Br)c2)c1. The van der Waals surface area contributed by atoms with E-state index < -0.39 is 0 Å². The lowest BCUT2D eigenvalue weighted by Gasteiger charge is -2.09. The second-order valence-electron chi connectivity index (χ2n) is 4.82. The number of hydrogen-bond donors (Lipinski definition) is 2. The normalized spacial score (nSPS) is 10.1. The van der Waals surface area contributed by atoms with E-state index in [0.717, 1.165) is 27.9 Å². The van der Waals surface area contributed by atoms with E-state index in [9.17, 15) is 4.79 Å². The number of amides is 1. The predicted octanol–water partition coefficient (Wildman–Crippen LogP) is 3.23. The zero-order valence-electron chi connectivity index (χ0n) is 12.4. The van der Waals surface area contributed by atoms with Crippen LogP contribution >= 0.6 is 15.9 Å². The van der Waals surface area contributed by atoms with Crippen LogP contribution in [0.4, 0.5) is 5.69 Å². The Morgan fingerprint density at radius 1 is 1.18 bits per heavy atom. The first-order valence-corrected chi connectivity index (χ1v) is 7.86. The van der Waals surface area contributed by atoms with Crippen LogP contribution in [0.25, 0.3) is 0 Å². The van der Waals surface area contributed by atoms with Crippen LogP contribution in [0.5, 0.6) is 5.75 Å². The molecule has 0 radical (unpaired) electrons. The topological polar surface area (TPSA) is 50.4 Å². The van der Waals surface area contributed by atoms with E-state index in [0.29, 0.717) is 6.54 Å². The van der Waals surface area contributed by atoms with Gasteiger partial charge in [0, 0.05) is 16.7 Å². The van der Waals surface area contributed by atoms with Crippen molar-refractivity contribution < 1.29 is 9.53 Å². The summed E-state index contributed by atoms with van der Waals surface area (Å²) in [5.41, 5.74) is 2.05. The van der Waals surface area contributed by atoms with Crippen LogP contribution in [0.3, 0.4) is 0 Å². The number of benzene rings is 2. The van der Waals surface area contributed by atoms with E-state index in [2.05, 4.69) is 26.6 Å². The standard InChI is InChI=1S/C17H19BrN2O2/c1-22-16-7-2-4-13(10-16)8-9-19-17(21)12-20-15-6-3-5-14(18)11-15/h2-7,10-11,20H,8-9,12H2,1H3,(H,19,21). The fraction of sp³-hybridized carbons (Fsp3) is 0.235. The average Bonchev–Trinajstić information content (AvgIpc) is 2.53. The van der Waals surface area contributed by atoms with E-state index in [4.69, 9.17) is 4.74 Å². The number of anilines is 1. The van der Waals surface area contributed by atoms with Gasteiger partial charge in [-0.3, -0.25) is 4.79 Å². The van der Waals surface area contributed by atoms with Gasteiger partial charge in [0.25, 0.3) is 0 Å². The molecule has 0 fully saturated rings. The maximum Gasteiger partial charge on any atom is 0.239 e. The predicted molar refractivity (Wildman–Crippen MR) is 92.3 cm³/mol. The Morgan fingerprint density at radius 2 is 2.00 bits per heavy atom. The molecule has 2 rings (SSSR count). The first-order chi connectivity index (χ1) is 10.7. The van der Waals surface area contributed by atoms with Crippen molar-refractivity contribution in [2.24, 2.45) is 0 Å². The van der Waals surface area contributed by atoms with Gasteiger partial charge < -0.3 is 15.4 Å². The van der Waals surface area contributed by atoms with E-state index in [1.165, 1.54) is 0 Å². The molecule has 0 atom stereocenters. The van der Waals surface area contributed by atoms with Crippen molar-refractivity contribution in [3.8, 4) is 5.75 Å². The summed E-state index contributed by atoms with van der Waals surface area (Å²) >= 11 is 3.40. The first kappa shape index (κ1) is 16.4. The van der Waals surface area contributed by atoms with Gasteiger partial charge in [-0.25, -0.2) is 0 Å². The highest BCUT2D eigenvalue weighted by molar-refractivity contribution is 9.10. The number of rotatable bonds is 7. The molecule has 2 aromatic rings. The molecule has 2 N–H and O–H groups in total. The summed E-state index contributed by atoms with van der Waals surface area (Å²) < 4.78 is 6.16. The molecular weight excluding hydrogens is 344 g/mol. The molecular formula is C17H19BrN2O2. The number of hydrogen-bond acceptors (Lipinski definition) is 3. The zero-order chi connectivity index (χ0) is 15.8. The summed E-state index contributed by atoms with van der Waals surface area (Å²) in [5.74, 6) is 0.808. The quantitative estimate of drug-likeness (QED) is 0.794. The largest absolute Gasteiger partial charge is 0.497 e. The van der Waals surface area contributed by atoms with Crippen molar-refractivity contribution in [2.45, 2.75) is 6.42 Å². The molecule has 4 nitrogen and oxygen atoms in total. The highest BCUT2D eigenvalue weighted by Crippen LogP contribution is 2.15. The summed E-state index contributed by atoms with van der Waals surface area (Å²) in [6, 6.07) is 15.6. The molecule has 0 aromatic heterocycles. The smallest absolute Gasteiger partial charge is 0.239 e. The molecule has 1 amide bonds. The Kier molecular flexibility index (Phi) is 6.27. The van der Waals surface area contributed by atoms with E-state index in [-0.39, 0.29) is 12.5 Å². The van der Waals surface area contributed by atoms with Crippen molar-refractivity contribution in [1.82, 2.24) is 5.32 Å². The van der Waals surface area contributed by atoms with Gasteiger partial charge in [0.2, 0.25) is 5.91 Å². The Hall–Kier alpha value is -2.01. The minimum Gasteiger partial charge on any atom is -0.497 e. The minimum absolute atomic E-state index is 0.0251. The number of carbonyl (C=O) groups excluding carboxylic acids is 1. The molecule has 5 heteroatoms. The van der Waals surface area contributed by atoms with E-state index in [1.54, 1.807) is 7.11 Å². The number of methoxy groups -OCH3 is 1. The molecule has 0 aliphatic rings. The third kappa shape index (κ3) is 5.41. The van der Waals surface area contributed by atoms with Gasteiger partial charge in [0.15, 0.2) is 0 Å². The third-order valence-electron chi connectivity index (χ3n) is 3.15. The van der Waals surface area contributed by atoms with Gasteiger partial charge in [-0.1, -0.05) is 34.1 Å². The van der Waals surface area contributed by atoms with Gasteiger partial charge in [-0.15, -0.1) is 0 Å². The lowest BCUT2D eigenvalue weighted by Crippen LogP contribution is -2.31. The monoisotopic (exact) mass is 362 g/mol. The lowest BCUT2D eigenvalue weighted by molar-refractivity contribution is -0.119. The Bertz CT molecular complexity index is 632. The summed E-state index contributed by atoms with van der Waals surface area (Å²) in [5, 5.41) is 5.99. The highest BCUT2D eigenvalue weighted by Gasteiger charge is 2.02. The molecule has 0 bridgehead atoms. The maximum atomic E-state index is 11.8. The first-order valence-electron chi connectivity index (χ1n) is 7.06.